The maximum atomic E-state index is 2.32. The van der Waals surface area contributed by atoms with Gasteiger partial charge >= 0.3 is 0 Å². The van der Waals surface area contributed by atoms with Crippen molar-refractivity contribution in [3.63, 3.8) is 0 Å². The molecule has 0 heteroatoms. The molecule has 0 fully saturated rings. The highest BCUT2D eigenvalue weighted by atomic mass is 14.1. The van der Waals surface area contributed by atoms with E-state index in [4.69, 9.17) is 0 Å². The molecule has 0 amide bonds. The van der Waals surface area contributed by atoms with Gasteiger partial charge < -0.3 is 0 Å². The molecule has 14 heavy (non-hydrogen) atoms. The third-order valence-electron chi connectivity index (χ3n) is 2.76. The molecule has 0 N–H and O–H groups in total. The summed E-state index contributed by atoms with van der Waals surface area (Å²) >= 11 is 0. The van der Waals surface area contributed by atoms with Gasteiger partial charge in [-0.15, -0.1) is 0 Å². The number of benzene rings is 1. The van der Waals surface area contributed by atoms with Crippen LogP contribution in [0.4, 0.5) is 0 Å². The van der Waals surface area contributed by atoms with Gasteiger partial charge in [0.15, 0.2) is 0 Å². The third-order valence-corrected chi connectivity index (χ3v) is 2.76. The van der Waals surface area contributed by atoms with Crippen LogP contribution >= 0.6 is 0 Å². The lowest BCUT2D eigenvalue weighted by Gasteiger charge is -2.11. The van der Waals surface area contributed by atoms with E-state index in [0.717, 1.165) is 6.42 Å². The highest BCUT2D eigenvalue weighted by molar-refractivity contribution is 5.29. The van der Waals surface area contributed by atoms with Gasteiger partial charge in [-0.2, -0.15) is 0 Å². The second-order valence-corrected chi connectivity index (χ2v) is 3.93. The lowest BCUT2D eigenvalue weighted by molar-refractivity contribution is 0.763. The molecule has 72 valence electrons. The van der Waals surface area contributed by atoms with Gasteiger partial charge in [0, 0.05) is 0 Å². The molecule has 1 aliphatic rings. The molecule has 1 aliphatic carbocycles. The minimum absolute atomic E-state index is 0.630. The molecule has 0 nitrogen and oxygen atoms in total. The van der Waals surface area contributed by atoms with Gasteiger partial charge in [0.05, 0.1) is 0 Å². The van der Waals surface area contributed by atoms with Crippen molar-refractivity contribution in [2.45, 2.75) is 25.7 Å². The molecule has 0 aliphatic heterocycles. The molecule has 0 spiro atoms. The highest BCUT2D eigenvalue weighted by Crippen LogP contribution is 2.25. The first-order valence-corrected chi connectivity index (χ1v) is 5.27. The van der Waals surface area contributed by atoms with Crippen molar-refractivity contribution in [3.8, 4) is 0 Å². The Morgan fingerprint density at radius 2 is 2.00 bits per heavy atom. The highest BCUT2D eigenvalue weighted by Gasteiger charge is 2.07. The summed E-state index contributed by atoms with van der Waals surface area (Å²) in [5.41, 5.74) is 2.93. The predicted molar refractivity (Wildman–Crippen MR) is 61.3 cm³/mol. The molecule has 0 aromatic heterocycles. The summed E-state index contributed by atoms with van der Waals surface area (Å²) in [6.45, 7) is 2.29. The Bertz CT molecular complexity index is 344. The fourth-order valence-electron chi connectivity index (χ4n) is 1.91. The van der Waals surface area contributed by atoms with Crippen LogP contribution in [0.3, 0.4) is 0 Å². The van der Waals surface area contributed by atoms with Crippen LogP contribution in [0.2, 0.25) is 0 Å². The fourth-order valence-corrected chi connectivity index (χ4v) is 1.91. The van der Waals surface area contributed by atoms with E-state index in [0.29, 0.717) is 5.92 Å². The van der Waals surface area contributed by atoms with Gasteiger partial charge in [0.1, 0.15) is 0 Å². The third kappa shape index (κ3) is 2.14. The van der Waals surface area contributed by atoms with E-state index in [1.165, 1.54) is 17.6 Å². The van der Waals surface area contributed by atoms with E-state index in [-0.39, 0.29) is 0 Å². The zero-order valence-corrected chi connectivity index (χ0v) is 8.61. The monoisotopic (exact) mass is 184 g/mol. The van der Waals surface area contributed by atoms with Crippen molar-refractivity contribution in [2.75, 3.05) is 0 Å². The van der Waals surface area contributed by atoms with E-state index >= 15 is 0 Å². The van der Waals surface area contributed by atoms with E-state index in [1.807, 2.05) is 0 Å². The normalized spacial score (nSPS) is 16.8. The van der Waals surface area contributed by atoms with Crippen LogP contribution in [0.5, 0.6) is 0 Å². The molecule has 2 rings (SSSR count). The Hall–Kier alpha value is -1.30. The van der Waals surface area contributed by atoms with Crippen molar-refractivity contribution in [2.24, 2.45) is 0 Å². The van der Waals surface area contributed by atoms with Crippen molar-refractivity contribution in [1.82, 2.24) is 0 Å². The Labute approximate surface area is 86.0 Å². The second kappa shape index (κ2) is 4.28. The van der Waals surface area contributed by atoms with E-state index < -0.39 is 0 Å². The molecule has 0 heterocycles. The summed E-state index contributed by atoms with van der Waals surface area (Å²) in [6, 6.07) is 10.7. The van der Waals surface area contributed by atoms with Crippen molar-refractivity contribution >= 4 is 0 Å². The zero-order chi connectivity index (χ0) is 9.80. The first-order chi connectivity index (χ1) is 6.86. The van der Waals surface area contributed by atoms with E-state index in [1.54, 1.807) is 0 Å². The number of hydrogen-bond acceptors (Lipinski definition) is 0. The van der Waals surface area contributed by atoms with Crippen molar-refractivity contribution in [3.05, 3.63) is 59.7 Å². The number of allylic oxidation sites excluding steroid dienone is 4. The van der Waals surface area contributed by atoms with Crippen LogP contribution in [-0.2, 0) is 0 Å². The van der Waals surface area contributed by atoms with Gasteiger partial charge in [0.2, 0.25) is 0 Å². The summed E-state index contributed by atoms with van der Waals surface area (Å²) in [4.78, 5) is 0. The predicted octanol–water partition coefficient (Wildman–Crippen LogP) is 4.07. The Kier molecular flexibility index (Phi) is 2.83. The van der Waals surface area contributed by atoms with Crippen molar-refractivity contribution in [1.29, 1.82) is 0 Å². The lowest BCUT2D eigenvalue weighted by Crippen LogP contribution is -1.93. The maximum absolute atomic E-state index is 2.32. The quantitative estimate of drug-likeness (QED) is 0.664. The van der Waals surface area contributed by atoms with Gasteiger partial charge in [-0.1, -0.05) is 61.1 Å². The largest absolute Gasteiger partial charge is 0.0805 e. The maximum Gasteiger partial charge on any atom is -0.0150 e. The van der Waals surface area contributed by atoms with E-state index in [2.05, 4.69) is 55.5 Å². The SMILES string of the molecule is CC(CC1=CCC=C1)c1ccccc1. The first kappa shape index (κ1) is 9.26. The number of rotatable bonds is 3. The fraction of sp³-hybridized carbons (Fsp3) is 0.286. The Morgan fingerprint density at radius 3 is 2.64 bits per heavy atom. The first-order valence-electron chi connectivity index (χ1n) is 5.27. The van der Waals surface area contributed by atoms with Crippen LogP contribution in [0.15, 0.2) is 54.1 Å². The molecular weight excluding hydrogens is 168 g/mol. The topological polar surface area (TPSA) is 0 Å². The molecular formula is C14H16. The lowest BCUT2D eigenvalue weighted by atomic mass is 9.94. The van der Waals surface area contributed by atoms with Crippen LogP contribution in [0, 0.1) is 0 Å². The summed E-state index contributed by atoms with van der Waals surface area (Å²) in [5.74, 6) is 0.630. The average Bonchev–Trinajstić information content (AvgIpc) is 2.72. The summed E-state index contributed by atoms with van der Waals surface area (Å²) in [5, 5.41) is 0. The molecule has 0 saturated carbocycles. The average molecular weight is 184 g/mol. The van der Waals surface area contributed by atoms with Crippen LogP contribution in [-0.4, -0.2) is 0 Å². The molecule has 0 bridgehead atoms. The molecule has 1 aromatic rings. The zero-order valence-electron chi connectivity index (χ0n) is 8.61. The van der Waals surface area contributed by atoms with Crippen LogP contribution in [0.1, 0.15) is 31.2 Å². The minimum atomic E-state index is 0.630. The van der Waals surface area contributed by atoms with Crippen molar-refractivity contribution < 1.29 is 0 Å². The van der Waals surface area contributed by atoms with E-state index in [9.17, 15) is 0 Å². The summed E-state index contributed by atoms with van der Waals surface area (Å²) in [7, 11) is 0. The second-order valence-electron chi connectivity index (χ2n) is 3.93. The van der Waals surface area contributed by atoms with Crippen LogP contribution < -0.4 is 0 Å². The van der Waals surface area contributed by atoms with Crippen LogP contribution in [0.25, 0.3) is 0 Å². The number of hydrogen-bond donors (Lipinski definition) is 0. The van der Waals surface area contributed by atoms with Gasteiger partial charge in [-0.05, 0) is 24.3 Å². The summed E-state index contributed by atoms with van der Waals surface area (Å²) in [6.07, 6.45) is 9.09. The standard InChI is InChI=1S/C14H16/c1-12(11-13-7-5-6-8-13)14-9-3-2-4-10-14/h2-5,7-10,12H,6,11H2,1H3. The molecule has 1 unspecified atom stereocenters. The minimum Gasteiger partial charge on any atom is -0.0805 e. The smallest absolute Gasteiger partial charge is 0.0150 e. The Morgan fingerprint density at radius 1 is 1.21 bits per heavy atom. The Balaban J connectivity index is 2.02. The molecule has 1 aromatic carbocycles. The van der Waals surface area contributed by atoms with Gasteiger partial charge in [-0.25, -0.2) is 0 Å². The van der Waals surface area contributed by atoms with Gasteiger partial charge in [-0.3, -0.25) is 0 Å². The molecule has 0 radical (unpaired) electrons. The van der Waals surface area contributed by atoms with Gasteiger partial charge in [0.25, 0.3) is 0 Å². The summed E-state index contributed by atoms with van der Waals surface area (Å²) < 4.78 is 0. The molecule has 1 atom stereocenters. The molecule has 0 saturated heterocycles.